The first-order valence-corrected chi connectivity index (χ1v) is 6.59. The third-order valence-electron chi connectivity index (χ3n) is 3.19. The average Bonchev–Trinajstić information content (AvgIpc) is 2.38. The molecule has 1 aromatic heterocycles. The minimum absolute atomic E-state index is 0.165. The smallest absolute Gasteiger partial charge is 0.252 e. The van der Waals surface area contributed by atoms with Crippen molar-refractivity contribution < 1.29 is 5.11 Å². The first-order valence-electron chi connectivity index (χ1n) is 6.59. The van der Waals surface area contributed by atoms with Gasteiger partial charge in [0.05, 0.1) is 6.61 Å². The summed E-state index contributed by atoms with van der Waals surface area (Å²) in [6.07, 6.45) is 0. The van der Waals surface area contributed by atoms with Crippen LogP contribution in [0.15, 0.2) is 15.9 Å². The van der Waals surface area contributed by atoms with Gasteiger partial charge in [-0.1, -0.05) is 0 Å². The van der Waals surface area contributed by atoms with Crippen LogP contribution in [0.25, 0.3) is 0 Å². The van der Waals surface area contributed by atoms with E-state index < -0.39 is 0 Å². The number of aryl methyl sites for hydroxylation is 1. The van der Waals surface area contributed by atoms with Crippen LogP contribution in [-0.2, 0) is 0 Å². The normalized spacial score (nSPS) is 17.5. The summed E-state index contributed by atoms with van der Waals surface area (Å²) in [6.45, 7) is 5.72. The van der Waals surface area contributed by atoms with E-state index in [4.69, 9.17) is 10.8 Å². The van der Waals surface area contributed by atoms with E-state index in [0.717, 1.165) is 26.2 Å². The van der Waals surface area contributed by atoms with Crippen molar-refractivity contribution in [2.45, 2.75) is 6.92 Å². The number of piperazine rings is 1. The fourth-order valence-electron chi connectivity index (χ4n) is 2.14. The molecule has 0 spiro atoms. The molecule has 1 aromatic rings. The molecule has 0 aliphatic carbocycles. The molecule has 1 aliphatic rings. The number of aromatic nitrogens is 2. The summed E-state index contributed by atoms with van der Waals surface area (Å²) in [4.78, 5) is 26.3. The highest BCUT2D eigenvalue weighted by Gasteiger charge is 2.17. The molecule has 0 radical (unpaired) electrons. The van der Waals surface area contributed by atoms with Crippen LogP contribution in [0.1, 0.15) is 5.69 Å². The molecule has 0 amide bonds. The fraction of sp³-hybridized carbons (Fsp3) is 0.583. The molecule has 0 saturated carbocycles. The number of aromatic amines is 1. The van der Waals surface area contributed by atoms with Gasteiger partial charge in [-0.25, -0.2) is 4.98 Å². The van der Waals surface area contributed by atoms with Crippen LogP contribution in [0.5, 0.6) is 0 Å². The Labute approximate surface area is 116 Å². The second-order valence-corrected chi connectivity index (χ2v) is 4.73. The van der Waals surface area contributed by atoms with E-state index in [9.17, 15) is 4.79 Å². The molecule has 0 unspecified atom stereocenters. The van der Waals surface area contributed by atoms with Gasteiger partial charge < -0.3 is 15.7 Å². The number of guanidine groups is 1. The van der Waals surface area contributed by atoms with E-state index in [-0.39, 0.29) is 18.1 Å². The van der Waals surface area contributed by atoms with Crippen LogP contribution in [0, 0.1) is 6.92 Å². The van der Waals surface area contributed by atoms with Crippen LogP contribution >= 0.6 is 0 Å². The van der Waals surface area contributed by atoms with E-state index in [1.165, 1.54) is 6.07 Å². The minimum atomic E-state index is -0.239. The van der Waals surface area contributed by atoms with Gasteiger partial charge in [-0.2, -0.15) is 4.99 Å². The lowest BCUT2D eigenvalue weighted by atomic mass is 10.3. The molecule has 110 valence electrons. The van der Waals surface area contributed by atoms with Gasteiger partial charge in [0.1, 0.15) is 0 Å². The second-order valence-electron chi connectivity index (χ2n) is 4.73. The van der Waals surface area contributed by atoms with Crippen LogP contribution in [0.2, 0.25) is 0 Å². The molecule has 0 atom stereocenters. The molecule has 1 fully saturated rings. The number of aliphatic hydroxyl groups excluding tert-OH is 1. The van der Waals surface area contributed by atoms with Crippen LogP contribution in [0.4, 0.5) is 5.95 Å². The zero-order chi connectivity index (χ0) is 14.5. The van der Waals surface area contributed by atoms with Crippen molar-refractivity contribution in [2.75, 3.05) is 39.3 Å². The van der Waals surface area contributed by atoms with E-state index >= 15 is 0 Å². The van der Waals surface area contributed by atoms with Gasteiger partial charge in [-0.15, -0.1) is 0 Å². The number of rotatable bonds is 3. The number of β-amino-alcohol motifs (C(OH)–C–C–N with tert-alkyl or cyclic N) is 1. The van der Waals surface area contributed by atoms with Crippen LogP contribution in [-0.4, -0.2) is 70.2 Å². The van der Waals surface area contributed by atoms with Gasteiger partial charge in [0, 0.05) is 44.5 Å². The van der Waals surface area contributed by atoms with E-state index in [1.807, 2.05) is 4.90 Å². The first kappa shape index (κ1) is 14.5. The first-order chi connectivity index (χ1) is 9.58. The highest BCUT2D eigenvalue weighted by atomic mass is 16.3. The lowest BCUT2D eigenvalue weighted by Gasteiger charge is -2.34. The van der Waals surface area contributed by atoms with E-state index in [0.29, 0.717) is 18.2 Å². The molecule has 20 heavy (non-hydrogen) atoms. The maximum Gasteiger partial charge on any atom is 0.252 e. The minimum Gasteiger partial charge on any atom is -0.395 e. The Morgan fingerprint density at radius 2 is 2.20 bits per heavy atom. The summed E-state index contributed by atoms with van der Waals surface area (Å²) >= 11 is 0. The second kappa shape index (κ2) is 6.49. The van der Waals surface area contributed by atoms with Crippen molar-refractivity contribution in [2.24, 2.45) is 10.7 Å². The highest BCUT2D eigenvalue weighted by molar-refractivity contribution is 5.80. The molecule has 8 nitrogen and oxygen atoms in total. The number of nitrogens with two attached hydrogens (primary N) is 1. The van der Waals surface area contributed by atoms with Gasteiger partial charge in [-0.3, -0.25) is 14.7 Å². The van der Waals surface area contributed by atoms with Crippen LogP contribution < -0.4 is 11.3 Å². The Balaban J connectivity index is 2.02. The topological polar surface area (TPSA) is 111 Å². The fourth-order valence-corrected chi connectivity index (χ4v) is 2.14. The lowest BCUT2D eigenvalue weighted by molar-refractivity contribution is 0.146. The molecule has 1 saturated heterocycles. The summed E-state index contributed by atoms with van der Waals surface area (Å²) in [7, 11) is 0. The number of aliphatic hydroxyl groups is 1. The van der Waals surface area contributed by atoms with E-state index in [2.05, 4.69) is 19.9 Å². The Bertz CT molecular complexity index is 533. The molecule has 0 aromatic carbocycles. The maximum absolute atomic E-state index is 11.3. The molecule has 2 heterocycles. The SMILES string of the molecule is Cc1cc(=O)[nH]c(/N=C(\N)N2CCN(CCO)CC2)n1. The van der Waals surface area contributed by atoms with Crippen molar-refractivity contribution in [1.29, 1.82) is 0 Å². The van der Waals surface area contributed by atoms with Gasteiger partial charge >= 0.3 is 0 Å². The number of nitrogens with one attached hydrogen (secondary N) is 1. The van der Waals surface area contributed by atoms with Gasteiger partial charge in [0.25, 0.3) is 5.56 Å². The standard InChI is InChI=1S/C12H20N6O2/c1-9-8-10(20)15-12(14-9)16-11(13)18-4-2-17(3-5-18)6-7-19/h8,19H,2-7H2,1H3,(H3,13,14,15,16,20). The largest absolute Gasteiger partial charge is 0.395 e. The Kier molecular flexibility index (Phi) is 4.70. The van der Waals surface area contributed by atoms with Crippen molar-refractivity contribution in [3.8, 4) is 0 Å². The maximum atomic E-state index is 11.3. The van der Waals surface area contributed by atoms with Crippen molar-refractivity contribution >= 4 is 11.9 Å². The van der Waals surface area contributed by atoms with Crippen molar-refractivity contribution in [3.63, 3.8) is 0 Å². The quantitative estimate of drug-likeness (QED) is 0.465. The number of nitrogens with zero attached hydrogens (tertiary/aromatic N) is 4. The van der Waals surface area contributed by atoms with Gasteiger partial charge in [-0.05, 0) is 6.92 Å². The predicted molar refractivity (Wildman–Crippen MR) is 76.0 cm³/mol. The van der Waals surface area contributed by atoms with Gasteiger partial charge in [0.2, 0.25) is 5.95 Å². The Hall–Kier alpha value is -1.93. The van der Waals surface area contributed by atoms with Crippen molar-refractivity contribution in [1.82, 2.24) is 19.8 Å². The molecule has 4 N–H and O–H groups in total. The molecule has 0 bridgehead atoms. The zero-order valence-corrected chi connectivity index (χ0v) is 11.5. The van der Waals surface area contributed by atoms with E-state index in [1.54, 1.807) is 6.92 Å². The third kappa shape index (κ3) is 3.78. The number of H-pyrrole nitrogens is 1. The van der Waals surface area contributed by atoms with Gasteiger partial charge in [0.15, 0.2) is 5.96 Å². The zero-order valence-electron chi connectivity index (χ0n) is 11.5. The predicted octanol–water partition coefficient (Wildman–Crippen LogP) is -1.37. The molecular weight excluding hydrogens is 260 g/mol. The Morgan fingerprint density at radius 1 is 1.50 bits per heavy atom. The van der Waals surface area contributed by atoms with Crippen LogP contribution in [0.3, 0.4) is 0 Å². The summed E-state index contributed by atoms with van der Waals surface area (Å²) in [5.41, 5.74) is 6.31. The Morgan fingerprint density at radius 3 is 2.80 bits per heavy atom. The number of hydrogen-bond donors (Lipinski definition) is 3. The molecular formula is C12H20N6O2. The number of hydrogen-bond acceptors (Lipinski definition) is 5. The monoisotopic (exact) mass is 280 g/mol. The molecule has 2 rings (SSSR count). The summed E-state index contributed by atoms with van der Waals surface area (Å²) in [5, 5.41) is 8.89. The molecule has 1 aliphatic heterocycles. The summed E-state index contributed by atoms with van der Waals surface area (Å²) in [6, 6.07) is 1.41. The van der Waals surface area contributed by atoms with Crippen molar-refractivity contribution in [3.05, 3.63) is 22.1 Å². The lowest BCUT2D eigenvalue weighted by Crippen LogP contribution is -2.51. The summed E-state index contributed by atoms with van der Waals surface area (Å²) in [5.74, 6) is 0.577. The molecule has 8 heteroatoms. The summed E-state index contributed by atoms with van der Waals surface area (Å²) < 4.78 is 0. The highest BCUT2D eigenvalue weighted by Crippen LogP contribution is 2.05. The third-order valence-corrected chi connectivity index (χ3v) is 3.19. The number of aliphatic imine (C=N–C) groups is 1. The average molecular weight is 280 g/mol.